The highest BCUT2D eigenvalue weighted by atomic mass is 32.2. The Kier molecular flexibility index (Phi) is 6.64. The van der Waals surface area contributed by atoms with Crippen molar-refractivity contribution in [2.45, 2.75) is 51.9 Å². The van der Waals surface area contributed by atoms with E-state index in [1.807, 2.05) is 33.8 Å². The van der Waals surface area contributed by atoms with Crippen LogP contribution >= 0.6 is 0 Å². The summed E-state index contributed by atoms with van der Waals surface area (Å²) in [7, 11) is -3.62. The second-order valence-corrected chi connectivity index (χ2v) is 9.08. The van der Waals surface area contributed by atoms with Crippen LogP contribution in [0.5, 0.6) is 0 Å². The lowest BCUT2D eigenvalue weighted by atomic mass is 9.97. The minimum absolute atomic E-state index is 0.0909. The minimum Gasteiger partial charge on any atom is -0.481 e. The number of piperidine rings is 1. The molecule has 0 aliphatic carbocycles. The number of hydrogen-bond acceptors (Lipinski definition) is 4. The molecule has 0 aromatic heterocycles. The number of carboxylic acid groups (broad SMARTS) is 1. The monoisotopic (exact) mass is 396 g/mol. The molecule has 2 rings (SSSR count). The van der Waals surface area contributed by atoms with Gasteiger partial charge >= 0.3 is 5.97 Å². The molecular formula is C19H28N2O5S. The number of sulfonamides is 1. The second-order valence-electron chi connectivity index (χ2n) is 7.20. The van der Waals surface area contributed by atoms with Crippen LogP contribution in [-0.2, 0) is 19.6 Å². The Hall–Kier alpha value is -1.93. The standard InChI is InChI=1S/C19H28N2O5S/c1-12-11-13(2)15(4)18(14(12)3)27(25,26)21-9-6-16(7-10-21)19(24)20-8-5-17(22)23/h11,16H,5-10H2,1-4H3,(H,20,24)(H,22,23). The molecule has 8 heteroatoms. The molecule has 0 unspecified atom stereocenters. The Labute approximate surface area is 160 Å². The maximum absolute atomic E-state index is 13.2. The van der Waals surface area contributed by atoms with E-state index in [2.05, 4.69) is 5.32 Å². The van der Waals surface area contributed by atoms with E-state index in [9.17, 15) is 18.0 Å². The van der Waals surface area contributed by atoms with Crippen molar-refractivity contribution in [1.82, 2.24) is 9.62 Å². The number of rotatable bonds is 6. The number of aliphatic carboxylic acids is 1. The Morgan fingerprint density at radius 3 is 2.11 bits per heavy atom. The summed E-state index contributed by atoms with van der Waals surface area (Å²) in [6, 6.07) is 2.00. The summed E-state index contributed by atoms with van der Waals surface area (Å²) in [6.07, 6.45) is 0.742. The van der Waals surface area contributed by atoms with E-state index in [4.69, 9.17) is 5.11 Å². The number of carboxylic acids is 1. The summed E-state index contributed by atoms with van der Waals surface area (Å²) in [5, 5.41) is 11.2. The van der Waals surface area contributed by atoms with Crippen LogP contribution in [-0.4, -0.2) is 49.3 Å². The predicted molar refractivity (Wildman–Crippen MR) is 102 cm³/mol. The van der Waals surface area contributed by atoms with Gasteiger partial charge in [0.2, 0.25) is 15.9 Å². The van der Waals surface area contributed by atoms with E-state index in [0.717, 1.165) is 22.3 Å². The Balaban J connectivity index is 2.10. The van der Waals surface area contributed by atoms with Crippen molar-refractivity contribution in [3.8, 4) is 0 Å². The van der Waals surface area contributed by atoms with E-state index in [1.54, 1.807) is 0 Å². The summed E-state index contributed by atoms with van der Waals surface area (Å²) in [4.78, 5) is 23.0. The predicted octanol–water partition coefficient (Wildman–Crippen LogP) is 1.91. The maximum atomic E-state index is 13.2. The SMILES string of the molecule is Cc1cc(C)c(C)c(S(=O)(=O)N2CCC(C(=O)NCCC(=O)O)CC2)c1C. The van der Waals surface area contributed by atoms with Gasteiger partial charge in [0.1, 0.15) is 0 Å². The highest BCUT2D eigenvalue weighted by Crippen LogP contribution is 2.31. The third-order valence-electron chi connectivity index (χ3n) is 5.36. The fourth-order valence-corrected chi connectivity index (χ4v) is 5.54. The molecule has 2 N–H and O–H groups in total. The van der Waals surface area contributed by atoms with Crippen LogP contribution in [0.15, 0.2) is 11.0 Å². The van der Waals surface area contributed by atoms with E-state index in [0.29, 0.717) is 17.7 Å². The lowest BCUT2D eigenvalue weighted by molar-refractivity contribution is -0.137. The zero-order valence-corrected chi connectivity index (χ0v) is 17.1. The fraction of sp³-hybridized carbons (Fsp3) is 0.579. The molecule has 0 saturated carbocycles. The molecule has 1 saturated heterocycles. The molecule has 0 spiro atoms. The van der Waals surface area contributed by atoms with Crippen molar-refractivity contribution in [2.24, 2.45) is 5.92 Å². The first-order valence-electron chi connectivity index (χ1n) is 9.12. The van der Waals surface area contributed by atoms with Gasteiger partial charge in [-0.15, -0.1) is 0 Å². The summed E-state index contributed by atoms with van der Waals surface area (Å²) >= 11 is 0. The Morgan fingerprint density at radius 1 is 1.11 bits per heavy atom. The molecule has 150 valence electrons. The first kappa shape index (κ1) is 21.4. The number of nitrogens with one attached hydrogen (secondary N) is 1. The van der Waals surface area contributed by atoms with Gasteiger partial charge in [-0.05, 0) is 62.8 Å². The van der Waals surface area contributed by atoms with Gasteiger partial charge in [-0.3, -0.25) is 9.59 Å². The molecule has 0 bridgehead atoms. The van der Waals surface area contributed by atoms with Gasteiger partial charge in [0.05, 0.1) is 11.3 Å². The van der Waals surface area contributed by atoms with Crippen LogP contribution in [0.3, 0.4) is 0 Å². The quantitative estimate of drug-likeness (QED) is 0.764. The lowest BCUT2D eigenvalue weighted by Gasteiger charge is -2.31. The molecular weight excluding hydrogens is 368 g/mol. The molecule has 0 atom stereocenters. The summed E-state index contributed by atoms with van der Waals surface area (Å²) in [6.45, 7) is 8.14. The van der Waals surface area contributed by atoms with Gasteiger partial charge < -0.3 is 10.4 Å². The summed E-state index contributed by atoms with van der Waals surface area (Å²) in [5.41, 5.74) is 3.44. The molecule has 1 heterocycles. The van der Waals surface area contributed by atoms with Crippen LogP contribution in [0.2, 0.25) is 0 Å². The molecule has 1 aliphatic rings. The minimum atomic E-state index is -3.62. The van der Waals surface area contributed by atoms with E-state index < -0.39 is 16.0 Å². The third kappa shape index (κ3) is 4.68. The third-order valence-corrected chi connectivity index (χ3v) is 7.53. The lowest BCUT2D eigenvalue weighted by Crippen LogP contribution is -2.43. The van der Waals surface area contributed by atoms with Gasteiger partial charge in [0, 0.05) is 25.6 Å². The number of carbonyl (C=O) groups is 2. The highest BCUT2D eigenvalue weighted by Gasteiger charge is 2.34. The largest absolute Gasteiger partial charge is 0.481 e. The zero-order chi connectivity index (χ0) is 20.4. The average molecular weight is 397 g/mol. The van der Waals surface area contributed by atoms with Crippen LogP contribution in [0.1, 0.15) is 41.5 Å². The first-order chi connectivity index (χ1) is 12.6. The molecule has 1 fully saturated rings. The molecule has 1 aromatic carbocycles. The number of benzene rings is 1. The van der Waals surface area contributed by atoms with Crippen molar-refractivity contribution in [1.29, 1.82) is 0 Å². The van der Waals surface area contributed by atoms with E-state index in [-0.39, 0.29) is 37.9 Å². The molecule has 1 aliphatic heterocycles. The molecule has 27 heavy (non-hydrogen) atoms. The molecule has 1 amide bonds. The van der Waals surface area contributed by atoms with Gasteiger partial charge in [-0.2, -0.15) is 4.31 Å². The van der Waals surface area contributed by atoms with Gasteiger partial charge in [0.25, 0.3) is 0 Å². The highest BCUT2D eigenvalue weighted by molar-refractivity contribution is 7.89. The van der Waals surface area contributed by atoms with E-state index >= 15 is 0 Å². The van der Waals surface area contributed by atoms with Crippen molar-refractivity contribution < 1.29 is 23.1 Å². The van der Waals surface area contributed by atoms with Crippen molar-refractivity contribution >= 4 is 21.9 Å². The number of hydrogen-bond donors (Lipinski definition) is 2. The second kappa shape index (κ2) is 8.39. The summed E-state index contributed by atoms with van der Waals surface area (Å²) < 4.78 is 27.9. The number of carbonyl (C=O) groups excluding carboxylic acids is 1. The van der Waals surface area contributed by atoms with Crippen molar-refractivity contribution in [2.75, 3.05) is 19.6 Å². The average Bonchev–Trinajstić information content (AvgIpc) is 2.59. The van der Waals surface area contributed by atoms with Crippen LogP contribution < -0.4 is 5.32 Å². The topological polar surface area (TPSA) is 104 Å². The first-order valence-corrected chi connectivity index (χ1v) is 10.6. The van der Waals surface area contributed by atoms with Crippen molar-refractivity contribution in [3.63, 3.8) is 0 Å². The number of amides is 1. The zero-order valence-electron chi connectivity index (χ0n) is 16.3. The van der Waals surface area contributed by atoms with Gasteiger partial charge in [-0.25, -0.2) is 8.42 Å². The normalized spacial score (nSPS) is 16.3. The fourth-order valence-electron chi connectivity index (χ4n) is 3.49. The maximum Gasteiger partial charge on any atom is 0.305 e. The number of nitrogens with zero attached hydrogens (tertiary/aromatic N) is 1. The Bertz CT molecular complexity index is 814. The van der Waals surface area contributed by atoms with Crippen LogP contribution in [0, 0.1) is 33.6 Å². The van der Waals surface area contributed by atoms with Gasteiger partial charge in [-0.1, -0.05) is 6.07 Å². The molecule has 7 nitrogen and oxygen atoms in total. The van der Waals surface area contributed by atoms with Crippen molar-refractivity contribution in [3.05, 3.63) is 28.3 Å². The van der Waals surface area contributed by atoms with E-state index in [1.165, 1.54) is 4.31 Å². The molecule has 1 aromatic rings. The van der Waals surface area contributed by atoms with Crippen LogP contribution in [0.25, 0.3) is 0 Å². The molecule has 0 radical (unpaired) electrons. The summed E-state index contributed by atoms with van der Waals surface area (Å²) in [5.74, 6) is -1.45. The van der Waals surface area contributed by atoms with Crippen LogP contribution in [0.4, 0.5) is 0 Å². The smallest absolute Gasteiger partial charge is 0.305 e. The Morgan fingerprint density at radius 2 is 1.63 bits per heavy atom. The number of aryl methyl sites for hydroxylation is 2. The van der Waals surface area contributed by atoms with Gasteiger partial charge in [0.15, 0.2) is 0 Å².